The summed E-state index contributed by atoms with van der Waals surface area (Å²) in [5.74, 6) is -0.374. The van der Waals surface area contributed by atoms with Crippen LogP contribution in [0.5, 0.6) is 0 Å². The van der Waals surface area contributed by atoms with Crippen molar-refractivity contribution in [2.75, 3.05) is 33.4 Å². The molecule has 0 bridgehead atoms. The van der Waals surface area contributed by atoms with Gasteiger partial charge in [0, 0.05) is 38.8 Å². The first kappa shape index (κ1) is 24.3. The first-order chi connectivity index (χ1) is 15.9. The minimum atomic E-state index is -0.502. The van der Waals surface area contributed by atoms with Gasteiger partial charge in [-0.1, -0.05) is 25.1 Å². The number of amides is 3. The topological polar surface area (TPSA) is 117 Å². The summed E-state index contributed by atoms with van der Waals surface area (Å²) < 4.78 is 5.09. The number of nitro groups is 1. The molecule has 11 heteroatoms. The van der Waals surface area contributed by atoms with Crippen molar-refractivity contribution < 1.29 is 19.2 Å². The molecule has 1 aliphatic rings. The third kappa shape index (κ3) is 6.14. The Labute approximate surface area is 196 Å². The molecule has 1 aromatic heterocycles. The summed E-state index contributed by atoms with van der Waals surface area (Å²) in [5, 5.41) is 21.9. The van der Waals surface area contributed by atoms with Crippen LogP contribution in [0.3, 0.4) is 0 Å². The van der Waals surface area contributed by atoms with Crippen LogP contribution in [0.2, 0.25) is 0 Å². The van der Waals surface area contributed by atoms with Gasteiger partial charge in [-0.25, -0.2) is 9.80 Å². The SMILES string of the molecule is CCCNC(=O)N(CCOC)CC(=O)N1N=C(c2cccs2)C[C@H]1c1cccc([N+](=O)[O-])c1. The van der Waals surface area contributed by atoms with Crippen LogP contribution in [-0.2, 0) is 9.53 Å². The molecule has 0 aliphatic carbocycles. The Bertz CT molecular complexity index is 1010. The molecule has 10 nitrogen and oxygen atoms in total. The lowest BCUT2D eigenvalue weighted by Crippen LogP contribution is -2.47. The number of thiophene rings is 1. The van der Waals surface area contributed by atoms with Crippen LogP contribution in [0.25, 0.3) is 0 Å². The maximum Gasteiger partial charge on any atom is 0.317 e. The van der Waals surface area contributed by atoms with E-state index in [1.54, 1.807) is 12.1 Å². The number of hydrogen-bond donors (Lipinski definition) is 1. The lowest BCUT2D eigenvalue weighted by molar-refractivity contribution is -0.384. The van der Waals surface area contributed by atoms with Gasteiger partial charge in [-0.15, -0.1) is 11.3 Å². The van der Waals surface area contributed by atoms with E-state index in [-0.39, 0.29) is 37.3 Å². The number of methoxy groups -OCH3 is 1. The molecule has 33 heavy (non-hydrogen) atoms. The number of non-ortho nitro benzene ring substituents is 1. The fraction of sp³-hybridized carbons (Fsp3) is 0.409. The highest BCUT2D eigenvalue weighted by Crippen LogP contribution is 2.35. The maximum atomic E-state index is 13.3. The zero-order valence-electron chi connectivity index (χ0n) is 18.6. The molecule has 0 fully saturated rings. The van der Waals surface area contributed by atoms with Crippen LogP contribution in [0.4, 0.5) is 10.5 Å². The van der Waals surface area contributed by atoms with Gasteiger partial charge in [0.05, 0.1) is 28.2 Å². The highest BCUT2D eigenvalue weighted by Gasteiger charge is 2.35. The van der Waals surface area contributed by atoms with Gasteiger partial charge < -0.3 is 15.0 Å². The van der Waals surface area contributed by atoms with E-state index in [2.05, 4.69) is 10.4 Å². The number of benzene rings is 1. The van der Waals surface area contributed by atoms with Crippen molar-refractivity contribution in [1.82, 2.24) is 15.2 Å². The van der Waals surface area contributed by atoms with E-state index in [1.807, 2.05) is 24.4 Å². The summed E-state index contributed by atoms with van der Waals surface area (Å²) in [5.41, 5.74) is 1.30. The highest BCUT2D eigenvalue weighted by atomic mass is 32.1. The molecule has 1 N–H and O–H groups in total. The van der Waals surface area contributed by atoms with Crippen LogP contribution >= 0.6 is 11.3 Å². The number of hydrogen-bond acceptors (Lipinski definition) is 7. The summed E-state index contributed by atoms with van der Waals surface area (Å²) in [6, 6.07) is 9.20. The Balaban J connectivity index is 1.87. The van der Waals surface area contributed by atoms with Crippen LogP contribution in [0.15, 0.2) is 46.9 Å². The van der Waals surface area contributed by atoms with E-state index in [0.717, 1.165) is 17.0 Å². The summed E-state index contributed by atoms with van der Waals surface area (Å²) in [4.78, 5) is 39.0. The second-order valence-electron chi connectivity index (χ2n) is 7.48. The monoisotopic (exact) mass is 473 g/mol. The zero-order chi connectivity index (χ0) is 23.8. The van der Waals surface area contributed by atoms with E-state index in [0.29, 0.717) is 18.5 Å². The largest absolute Gasteiger partial charge is 0.383 e. The van der Waals surface area contributed by atoms with Crippen LogP contribution < -0.4 is 5.32 Å². The van der Waals surface area contributed by atoms with E-state index in [4.69, 9.17) is 4.74 Å². The van der Waals surface area contributed by atoms with E-state index in [9.17, 15) is 19.7 Å². The van der Waals surface area contributed by atoms with Gasteiger partial charge in [0.15, 0.2) is 0 Å². The molecule has 176 valence electrons. The predicted molar refractivity (Wildman–Crippen MR) is 125 cm³/mol. The van der Waals surface area contributed by atoms with Crippen molar-refractivity contribution in [3.63, 3.8) is 0 Å². The summed E-state index contributed by atoms with van der Waals surface area (Å²) in [7, 11) is 1.53. The first-order valence-electron chi connectivity index (χ1n) is 10.6. The summed E-state index contributed by atoms with van der Waals surface area (Å²) >= 11 is 1.51. The minimum Gasteiger partial charge on any atom is -0.383 e. The number of hydrazone groups is 1. The Morgan fingerprint density at radius 1 is 1.36 bits per heavy atom. The second-order valence-corrected chi connectivity index (χ2v) is 8.43. The van der Waals surface area contributed by atoms with Crippen molar-refractivity contribution in [3.05, 3.63) is 62.3 Å². The van der Waals surface area contributed by atoms with Gasteiger partial charge in [-0.2, -0.15) is 5.10 Å². The number of nitro benzene ring substituents is 1. The van der Waals surface area contributed by atoms with Crippen molar-refractivity contribution in [1.29, 1.82) is 0 Å². The number of ether oxygens (including phenoxy) is 1. The Morgan fingerprint density at radius 2 is 2.18 bits per heavy atom. The van der Waals surface area contributed by atoms with Crippen molar-refractivity contribution in [3.8, 4) is 0 Å². The van der Waals surface area contributed by atoms with Gasteiger partial charge in [0.1, 0.15) is 6.54 Å². The van der Waals surface area contributed by atoms with Crippen LogP contribution in [-0.4, -0.2) is 65.8 Å². The van der Waals surface area contributed by atoms with E-state index >= 15 is 0 Å². The zero-order valence-corrected chi connectivity index (χ0v) is 19.4. The number of nitrogens with zero attached hydrogens (tertiary/aromatic N) is 4. The smallest absolute Gasteiger partial charge is 0.317 e. The molecular formula is C22H27N5O5S. The van der Waals surface area contributed by atoms with Gasteiger partial charge in [0.25, 0.3) is 11.6 Å². The van der Waals surface area contributed by atoms with Crippen molar-refractivity contribution in [2.24, 2.45) is 5.10 Å². The first-order valence-corrected chi connectivity index (χ1v) is 11.5. The maximum absolute atomic E-state index is 13.3. The molecule has 0 unspecified atom stereocenters. The molecule has 2 heterocycles. The number of urea groups is 1. The molecule has 1 aromatic carbocycles. The Morgan fingerprint density at radius 3 is 2.85 bits per heavy atom. The lowest BCUT2D eigenvalue weighted by Gasteiger charge is -2.27. The van der Waals surface area contributed by atoms with Gasteiger partial charge in [-0.3, -0.25) is 14.9 Å². The Hall–Kier alpha value is -3.31. The average Bonchev–Trinajstić information content (AvgIpc) is 3.50. The summed E-state index contributed by atoms with van der Waals surface area (Å²) in [6.45, 7) is 2.78. The second kappa shape index (κ2) is 11.5. The lowest BCUT2D eigenvalue weighted by atomic mass is 10.0. The molecule has 0 saturated carbocycles. The van der Waals surface area contributed by atoms with E-state index in [1.165, 1.54) is 40.5 Å². The predicted octanol–water partition coefficient (Wildman–Crippen LogP) is 3.40. The minimum absolute atomic E-state index is 0.0508. The fourth-order valence-electron chi connectivity index (χ4n) is 3.47. The van der Waals surface area contributed by atoms with Gasteiger partial charge in [-0.05, 0) is 23.4 Å². The Kier molecular flexibility index (Phi) is 8.50. The van der Waals surface area contributed by atoms with Gasteiger partial charge >= 0.3 is 6.03 Å². The molecule has 0 radical (unpaired) electrons. The van der Waals surface area contributed by atoms with E-state index < -0.39 is 11.0 Å². The quantitative estimate of drug-likeness (QED) is 0.419. The van der Waals surface area contributed by atoms with Crippen LogP contribution in [0, 0.1) is 10.1 Å². The number of nitrogens with one attached hydrogen (secondary N) is 1. The molecular weight excluding hydrogens is 446 g/mol. The van der Waals surface area contributed by atoms with Crippen molar-refractivity contribution in [2.45, 2.75) is 25.8 Å². The molecule has 1 atom stereocenters. The normalized spacial score (nSPS) is 15.3. The number of carbonyl (C=O) groups is 2. The number of carbonyl (C=O) groups excluding carboxylic acids is 2. The number of rotatable bonds is 10. The summed E-state index contributed by atoms with van der Waals surface area (Å²) in [6.07, 6.45) is 1.20. The third-order valence-corrected chi connectivity index (χ3v) is 6.06. The molecule has 2 aromatic rings. The molecule has 1 aliphatic heterocycles. The third-order valence-electron chi connectivity index (χ3n) is 5.14. The van der Waals surface area contributed by atoms with Gasteiger partial charge in [0.2, 0.25) is 0 Å². The average molecular weight is 474 g/mol. The molecule has 3 rings (SSSR count). The highest BCUT2D eigenvalue weighted by molar-refractivity contribution is 7.12. The van der Waals surface area contributed by atoms with Crippen LogP contribution in [0.1, 0.15) is 36.2 Å². The fourth-order valence-corrected chi connectivity index (χ4v) is 4.19. The molecule has 0 saturated heterocycles. The molecule has 3 amide bonds. The van der Waals surface area contributed by atoms with Crippen molar-refractivity contribution >= 4 is 34.7 Å². The standard InChI is InChI=1S/C22H27N5O5S/c1-3-9-23-22(29)25(10-11-32-2)15-21(28)26-19(14-18(24-26)20-8-5-12-33-20)16-6-4-7-17(13-16)27(30)31/h4-8,12-13,19H,3,9-11,14-15H2,1-2H3,(H,23,29)/t19-/m0/s1. The molecule has 0 spiro atoms.